The summed E-state index contributed by atoms with van der Waals surface area (Å²) in [4.78, 5) is 16.7. The van der Waals surface area contributed by atoms with E-state index in [9.17, 15) is 4.79 Å². The highest BCUT2D eigenvalue weighted by atomic mass is 16.5. The van der Waals surface area contributed by atoms with Crippen LogP contribution in [0, 0.1) is 11.3 Å². The minimum absolute atomic E-state index is 0.0553. The monoisotopic (exact) mass is 248 g/mol. The molecule has 18 heavy (non-hydrogen) atoms. The van der Waals surface area contributed by atoms with Gasteiger partial charge in [0.25, 0.3) is 0 Å². The van der Waals surface area contributed by atoms with E-state index in [1.54, 1.807) is 0 Å². The quantitative estimate of drug-likeness (QED) is 0.805. The molecule has 1 saturated heterocycles. The number of Topliss-reactive ketones (excluding diaryl/α,β-unsaturated/α-hetero) is 1. The van der Waals surface area contributed by atoms with E-state index in [0.717, 1.165) is 44.0 Å². The second-order valence-electron chi connectivity index (χ2n) is 6.36. The minimum atomic E-state index is 0.0553. The van der Waals surface area contributed by atoms with Gasteiger partial charge in [-0.2, -0.15) is 0 Å². The third kappa shape index (κ3) is 2.09. The first kappa shape index (κ1) is 11.9. The summed E-state index contributed by atoms with van der Waals surface area (Å²) in [5.74, 6) is 0.781. The summed E-state index contributed by atoms with van der Waals surface area (Å²) >= 11 is 0. The number of aromatic nitrogens is 2. The zero-order chi connectivity index (χ0) is 12.8. The van der Waals surface area contributed by atoms with Crippen LogP contribution in [0.15, 0.2) is 6.33 Å². The fourth-order valence-corrected chi connectivity index (χ4v) is 3.05. The first-order valence-corrected chi connectivity index (χ1v) is 6.70. The molecule has 2 heterocycles. The van der Waals surface area contributed by atoms with Crippen LogP contribution < -0.4 is 0 Å². The highest BCUT2D eigenvalue weighted by molar-refractivity contribution is 5.97. The number of carbonyl (C=O) groups is 1. The molecule has 1 aromatic rings. The standard InChI is InChI=1S/C14H20N2O2/c1-14(2)5-11-13(12(17)6-14)16(9-15-11)7-10-3-4-18-8-10/h9-10H,3-8H2,1-2H3. The fourth-order valence-electron chi connectivity index (χ4n) is 3.05. The first-order valence-electron chi connectivity index (χ1n) is 6.70. The Kier molecular flexibility index (Phi) is 2.77. The lowest BCUT2D eigenvalue weighted by Crippen LogP contribution is -2.29. The van der Waals surface area contributed by atoms with Crippen LogP contribution in [0.1, 0.15) is 42.9 Å². The Hall–Kier alpha value is -1.16. The summed E-state index contributed by atoms with van der Waals surface area (Å²) in [6.07, 6.45) is 4.46. The second-order valence-corrected chi connectivity index (χ2v) is 6.36. The van der Waals surface area contributed by atoms with Crippen molar-refractivity contribution in [1.82, 2.24) is 9.55 Å². The number of hydrogen-bond acceptors (Lipinski definition) is 3. The van der Waals surface area contributed by atoms with Gasteiger partial charge < -0.3 is 9.30 Å². The van der Waals surface area contributed by atoms with Crippen LogP contribution in [0.2, 0.25) is 0 Å². The van der Waals surface area contributed by atoms with Gasteiger partial charge in [0.15, 0.2) is 5.78 Å². The van der Waals surface area contributed by atoms with Crippen molar-refractivity contribution in [2.75, 3.05) is 13.2 Å². The first-order chi connectivity index (χ1) is 8.55. The number of rotatable bonds is 2. The maximum Gasteiger partial charge on any atom is 0.181 e. The van der Waals surface area contributed by atoms with Gasteiger partial charge in [-0.3, -0.25) is 4.79 Å². The van der Waals surface area contributed by atoms with E-state index in [0.29, 0.717) is 12.3 Å². The maximum absolute atomic E-state index is 12.3. The average molecular weight is 248 g/mol. The summed E-state index contributed by atoms with van der Waals surface area (Å²) in [7, 11) is 0. The van der Waals surface area contributed by atoms with Crippen molar-refractivity contribution in [1.29, 1.82) is 0 Å². The Bertz CT molecular complexity index is 470. The maximum atomic E-state index is 12.3. The third-order valence-corrected chi connectivity index (χ3v) is 3.94. The SMILES string of the molecule is CC1(C)CC(=O)c2c(ncn2CC2CCOC2)C1. The molecule has 1 aliphatic carbocycles. The van der Waals surface area contributed by atoms with E-state index in [1.807, 2.05) is 10.9 Å². The molecule has 1 aliphatic heterocycles. The van der Waals surface area contributed by atoms with E-state index >= 15 is 0 Å². The van der Waals surface area contributed by atoms with Gasteiger partial charge in [-0.1, -0.05) is 13.8 Å². The summed E-state index contributed by atoms with van der Waals surface area (Å²) in [6.45, 7) is 6.80. The molecule has 3 rings (SSSR count). The van der Waals surface area contributed by atoms with Gasteiger partial charge >= 0.3 is 0 Å². The number of fused-ring (bicyclic) bond motifs is 1. The van der Waals surface area contributed by atoms with Crippen molar-refractivity contribution in [2.24, 2.45) is 11.3 Å². The summed E-state index contributed by atoms with van der Waals surface area (Å²) in [5.41, 5.74) is 1.89. The molecule has 2 aliphatic rings. The van der Waals surface area contributed by atoms with Crippen LogP contribution in [0.3, 0.4) is 0 Å². The van der Waals surface area contributed by atoms with E-state index < -0.39 is 0 Å². The second kappa shape index (κ2) is 4.19. The van der Waals surface area contributed by atoms with Crippen LogP contribution in [-0.4, -0.2) is 28.5 Å². The lowest BCUT2D eigenvalue weighted by Gasteiger charge is -2.28. The molecule has 0 amide bonds. The molecule has 1 unspecified atom stereocenters. The predicted molar refractivity (Wildman–Crippen MR) is 67.6 cm³/mol. The molecule has 1 aromatic heterocycles. The summed E-state index contributed by atoms with van der Waals surface area (Å²) < 4.78 is 7.44. The molecule has 4 heteroatoms. The zero-order valence-electron chi connectivity index (χ0n) is 11.1. The predicted octanol–water partition coefficient (Wildman–Crippen LogP) is 2.07. The molecular weight excluding hydrogens is 228 g/mol. The number of ketones is 1. The van der Waals surface area contributed by atoms with Crippen LogP contribution in [-0.2, 0) is 17.7 Å². The Labute approximate surface area is 107 Å². The van der Waals surface area contributed by atoms with Gasteiger partial charge in [0.05, 0.1) is 18.6 Å². The van der Waals surface area contributed by atoms with E-state index in [2.05, 4.69) is 18.8 Å². The van der Waals surface area contributed by atoms with Gasteiger partial charge in [0.2, 0.25) is 0 Å². The van der Waals surface area contributed by atoms with Crippen LogP contribution in [0.4, 0.5) is 0 Å². The molecule has 0 aromatic carbocycles. The van der Waals surface area contributed by atoms with E-state index in [1.165, 1.54) is 0 Å². The van der Waals surface area contributed by atoms with Gasteiger partial charge in [0.1, 0.15) is 5.69 Å². The molecule has 0 saturated carbocycles. The molecule has 0 radical (unpaired) electrons. The normalized spacial score (nSPS) is 26.3. The van der Waals surface area contributed by atoms with E-state index in [-0.39, 0.29) is 11.2 Å². The number of hydrogen-bond donors (Lipinski definition) is 0. The molecule has 0 bridgehead atoms. The lowest BCUT2D eigenvalue weighted by atomic mass is 9.77. The van der Waals surface area contributed by atoms with Gasteiger partial charge in [-0.15, -0.1) is 0 Å². The third-order valence-electron chi connectivity index (χ3n) is 3.94. The number of carbonyl (C=O) groups excluding carboxylic acids is 1. The zero-order valence-corrected chi connectivity index (χ0v) is 11.1. The molecule has 0 N–H and O–H groups in total. The highest BCUT2D eigenvalue weighted by Gasteiger charge is 2.34. The van der Waals surface area contributed by atoms with Crippen molar-refractivity contribution in [3.8, 4) is 0 Å². The molecule has 1 fully saturated rings. The average Bonchev–Trinajstić information content (AvgIpc) is 2.87. The Balaban J connectivity index is 1.86. The van der Waals surface area contributed by atoms with Crippen molar-refractivity contribution in [2.45, 2.75) is 39.7 Å². The Morgan fingerprint density at radius 2 is 2.33 bits per heavy atom. The minimum Gasteiger partial charge on any atom is -0.381 e. The Morgan fingerprint density at radius 1 is 1.50 bits per heavy atom. The topological polar surface area (TPSA) is 44.1 Å². The van der Waals surface area contributed by atoms with E-state index in [4.69, 9.17) is 4.74 Å². The smallest absolute Gasteiger partial charge is 0.181 e. The van der Waals surface area contributed by atoms with Crippen molar-refractivity contribution in [3.63, 3.8) is 0 Å². The van der Waals surface area contributed by atoms with Crippen molar-refractivity contribution in [3.05, 3.63) is 17.7 Å². The van der Waals surface area contributed by atoms with Crippen LogP contribution in [0.25, 0.3) is 0 Å². The van der Waals surface area contributed by atoms with Crippen molar-refractivity contribution < 1.29 is 9.53 Å². The van der Waals surface area contributed by atoms with Crippen LogP contribution >= 0.6 is 0 Å². The Morgan fingerprint density at radius 3 is 3.06 bits per heavy atom. The summed E-state index contributed by atoms with van der Waals surface area (Å²) in [5, 5.41) is 0. The molecular formula is C14H20N2O2. The molecule has 98 valence electrons. The number of imidazole rings is 1. The highest BCUT2D eigenvalue weighted by Crippen LogP contribution is 2.34. The van der Waals surface area contributed by atoms with Gasteiger partial charge in [0, 0.05) is 25.5 Å². The molecule has 4 nitrogen and oxygen atoms in total. The fraction of sp³-hybridized carbons (Fsp3) is 0.714. The lowest BCUT2D eigenvalue weighted by molar-refractivity contribution is 0.0899. The molecule has 1 atom stereocenters. The van der Waals surface area contributed by atoms with Crippen LogP contribution in [0.5, 0.6) is 0 Å². The number of nitrogens with zero attached hydrogens (tertiary/aromatic N) is 2. The summed E-state index contributed by atoms with van der Waals surface area (Å²) in [6, 6.07) is 0. The van der Waals surface area contributed by atoms with Gasteiger partial charge in [-0.25, -0.2) is 4.98 Å². The largest absolute Gasteiger partial charge is 0.381 e. The van der Waals surface area contributed by atoms with Gasteiger partial charge in [-0.05, 0) is 18.3 Å². The molecule has 0 spiro atoms. The number of ether oxygens (including phenoxy) is 1. The van der Waals surface area contributed by atoms with Crippen molar-refractivity contribution >= 4 is 5.78 Å².